The van der Waals surface area contributed by atoms with Crippen LogP contribution in [0.4, 0.5) is 24.5 Å². The first-order valence-corrected chi connectivity index (χ1v) is 7.65. The Hall–Kier alpha value is -2.87. The molecule has 0 aliphatic heterocycles. The number of carbonyl (C=O) groups excluding carboxylic acids is 2. The minimum absolute atomic E-state index is 0.00229. The summed E-state index contributed by atoms with van der Waals surface area (Å²) >= 11 is 0. The molecule has 138 valence electrons. The van der Waals surface area contributed by atoms with Gasteiger partial charge in [-0.15, -0.1) is 0 Å². The molecular formula is C18H17F3N2O3. The lowest BCUT2D eigenvalue weighted by Gasteiger charge is -2.10. The van der Waals surface area contributed by atoms with Gasteiger partial charge in [0.2, 0.25) is 11.8 Å². The van der Waals surface area contributed by atoms with Gasteiger partial charge in [0.1, 0.15) is 13.2 Å². The standard InChI is InChI=1S/C18H17F3N2O3/c1-12-5-7-14(8-6-12)22-16(24)10-26-11-17(25)23-15-4-2-3-13(9-15)18(19,20)21/h2-9H,10-11H2,1H3,(H,22,24)(H,23,25). The van der Waals surface area contributed by atoms with Crippen LogP contribution >= 0.6 is 0 Å². The number of nitrogens with one attached hydrogen (secondary N) is 2. The second-order valence-corrected chi connectivity index (χ2v) is 5.53. The second-order valence-electron chi connectivity index (χ2n) is 5.53. The smallest absolute Gasteiger partial charge is 0.362 e. The number of hydrogen-bond donors (Lipinski definition) is 2. The number of ether oxygens (including phenoxy) is 1. The molecule has 2 rings (SSSR count). The van der Waals surface area contributed by atoms with Gasteiger partial charge in [-0.1, -0.05) is 23.8 Å². The largest absolute Gasteiger partial charge is 0.416 e. The van der Waals surface area contributed by atoms with Crippen molar-refractivity contribution in [1.29, 1.82) is 0 Å². The van der Waals surface area contributed by atoms with Gasteiger partial charge in [-0.3, -0.25) is 9.59 Å². The monoisotopic (exact) mass is 366 g/mol. The molecule has 0 saturated heterocycles. The van der Waals surface area contributed by atoms with Gasteiger partial charge in [-0.05, 0) is 37.3 Å². The van der Waals surface area contributed by atoms with Crippen molar-refractivity contribution < 1.29 is 27.5 Å². The molecule has 2 aromatic rings. The summed E-state index contributed by atoms with van der Waals surface area (Å²) < 4.78 is 42.8. The van der Waals surface area contributed by atoms with E-state index in [0.29, 0.717) is 5.69 Å². The Morgan fingerprint density at radius 1 is 0.923 bits per heavy atom. The van der Waals surface area contributed by atoms with Gasteiger partial charge in [0.05, 0.1) is 5.56 Å². The van der Waals surface area contributed by atoms with Crippen LogP contribution in [0.2, 0.25) is 0 Å². The molecule has 8 heteroatoms. The molecule has 0 aliphatic carbocycles. The van der Waals surface area contributed by atoms with Crippen LogP contribution in [-0.2, 0) is 20.5 Å². The summed E-state index contributed by atoms with van der Waals surface area (Å²) in [5.41, 5.74) is 0.773. The Balaban J connectivity index is 1.76. The van der Waals surface area contributed by atoms with Crippen molar-refractivity contribution in [2.24, 2.45) is 0 Å². The van der Waals surface area contributed by atoms with E-state index in [1.165, 1.54) is 12.1 Å². The predicted molar refractivity (Wildman–Crippen MR) is 90.7 cm³/mol. The van der Waals surface area contributed by atoms with Gasteiger partial charge < -0.3 is 15.4 Å². The van der Waals surface area contributed by atoms with E-state index in [4.69, 9.17) is 4.74 Å². The molecule has 0 unspecified atom stereocenters. The zero-order valence-corrected chi connectivity index (χ0v) is 13.9. The Bertz CT molecular complexity index is 774. The quantitative estimate of drug-likeness (QED) is 0.821. The van der Waals surface area contributed by atoms with Gasteiger partial charge in [0.15, 0.2) is 0 Å². The molecular weight excluding hydrogens is 349 g/mol. The van der Waals surface area contributed by atoms with Crippen molar-refractivity contribution in [3.8, 4) is 0 Å². The van der Waals surface area contributed by atoms with E-state index < -0.39 is 30.2 Å². The topological polar surface area (TPSA) is 67.4 Å². The second kappa shape index (κ2) is 8.48. The number of hydrogen-bond acceptors (Lipinski definition) is 3. The van der Waals surface area contributed by atoms with Crippen molar-refractivity contribution >= 4 is 23.2 Å². The maximum Gasteiger partial charge on any atom is 0.416 e. The molecule has 0 heterocycles. The average Bonchev–Trinajstić information content (AvgIpc) is 2.56. The summed E-state index contributed by atoms with van der Waals surface area (Å²) in [5.74, 6) is -1.10. The van der Waals surface area contributed by atoms with Gasteiger partial charge in [-0.2, -0.15) is 13.2 Å². The molecule has 0 spiro atoms. The molecule has 0 radical (unpaired) electrons. The molecule has 0 atom stereocenters. The highest BCUT2D eigenvalue weighted by molar-refractivity contribution is 5.93. The Morgan fingerprint density at radius 2 is 1.50 bits per heavy atom. The van der Waals surface area contributed by atoms with Crippen molar-refractivity contribution in [2.75, 3.05) is 23.8 Å². The Labute approximate surface area is 148 Å². The number of anilines is 2. The van der Waals surface area contributed by atoms with Crippen LogP contribution < -0.4 is 10.6 Å². The number of alkyl halides is 3. The molecule has 2 amide bonds. The highest BCUT2D eigenvalue weighted by atomic mass is 19.4. The first kappa shape index (κ1) is 19.5. The normalized spacial score (nSPS) is 11.1. The Morgan fingerprint density at radius 3 is 2.08 bits per heavy atom. The molecule has 0 saturated carbocycles. The summed E-state index contributed by atoms with van der Waals surface area (Å²) in [5, 5.41) is 4.88. The van der Waals surface area contributed by atoms with Crippen LogP contribution in [0.3, 0.4) is 0 Å². The van der Waals surface area contributed by atoms with Gasteiger partial charge in [0.25, 0.3) is 0 Å². The molecule has 5 nitrogen and oxygen atoms in total. The first-order chi connectivity index (χ1) is 12.2. The molecule has 0 bridgehead atoms. The maximum atomic E-state index is 12.6. The van der Waals surface area contributed by atoms with Crippen molar-refractivity contribution in [3.05, 3.63) is 59.7 Å². The SMILES string of the molecule is Cc1ccc(NC(=O)COCC(=O)Nc2cccc(C(F)(F)F)c2)cc1. The summed E-state index contributed by atoms with van der Waals surface area (Å²) in [7, 11) is 0. The Kier molecular flexibility index (Phi) is 6.35. The first-order valence-electron chi connectivity index (χ1n) is 7.65. The van der Waals surface area contributed by atoms with E-state index in [1.54, 1.807) is 12.1 Å². The lowest BCUT2D eigenvalue weighted by Crippen LogP contribution is -2.24. The number of carbonyl (C=O) groups is 2. The molecule has 0 aliphatic rings. The lowest BCUT2D eigenvalue weighted by atomic mass is 10.2. The molecule has 0 fully saturated rings. The van der Waals surface area contributed by atoms with Crippen LogP contribution in [0.5, 0.6) is 0 Å². The number of amides is 2. The van der Waals surface area contributed by atoms with E-state index in [1.807, 2.05) is 19.1 Å². The maximum absolute atomic E-state index is 12.6. The molecule has 2 N–H and O–H groups in total. The molecule has 2 aromatic carbocycles. The molecule has 26 heavy (non-hydrogen) atoms. The number of halogens is 3. The average molecular weight is 366 g/mol. The summed E-state index contributed by atoms with van der Waals surface area (Å²) in [6.07, 6.45) is -4.49. The van der Waals surface area contributed by atoms with E-state index in [2.05, 4.69) is 10.6 Å². The minimum atomic E-state index is -4.49. The third kappa shape index (κ3) is 6.21. The number of benzene rings is 2. The third-order valence-electron chi connectivity index (χ3n) is 3.28. The van der Waals surface area contributed by atoms with Gasteiger partial charge in [0, 0.05) is 11.4 Å². The van der Waals surface area contributed by atoms with E-state index in [9.17, 15) is 22.8 Å². The highest BCUT2D eigenvalue weighted by Gasteiger charge is 2.30. The number of rotatable bonds is 6. The predicted octanol–water partition coefficient (Wildman–Crippen LogP) is 3.61. The zero-order valence-electron chi connectivity index (χ0n) is 13.9. The van der Waals surface area contributed by atoms with E-state index in [0.717, 1.165) is 17.7 Å². The van der Waals surface area contributed by atoms with Crippen LogP contribution in [0, 0.1) is 6.92 Å². The van der Waals surface area contributed by atoms with Crippen molar-refractivity contribution in [2.45, 2.75) is 13.1 Å². The van der Waals surface area contributed by atoms with Gasteiger partial charge >= 0.3 is 6.18 Å². The fourth-order valence-electron chi connectivity index (χ4n) is 2.04. The van der Waals surface area contributed by atoms with Crippen molar-refractivity contribution in [3.63, 3.8) is 0 Å². The minimum Gasteiger partial charge on any atom is -0.362 e. The third-order valence-corrected chi connectivity index (χ3v) is 3.28. The van der Waals surface area contributed by atoms with Crippen LogP contribution in [0.15, 0.2) is 48.5 Å². The fraction of sp³-hybridized carbons (Fsp3) is 0.222. The zero-order chi connectivity index (χ0) is 19.2. The van der Waals surface area contributed by atoms with Crippen LogP contribution in [0.1, 0.15) is 11.1 Å². The fourth-order valence-corrected chi connectivity index (χ4v) is 2.04. The van der Waals surface area contributed by atoms with Crippen LogP contribution in [-0.4, -0.2) is 25.0 Å². The summed E-state index contributed by atoms with van der Waals surface area (Å²) in [4.78, 5) is 23.4. The molecule has 0 aromatic heterocycles. The van der Waals surface area contributed by atoms with E-state index in [-0.39, 0.29) is 12.3 Å². The lowest BCUT2D eigenvalue weighted by molar-refractivity contribution is -0.137. The van der Waals surface area contributed by atoms with Gasteiger partial charge in [-0.25, -0.2) is 0 Å². The van der Waals surface area contributed by atoms with Crippen LogP contribution in [0.25, 0.3) is 0 Å². The highest BCUT2D eigenvalue weighted by Crippen LogP contribution is 2.30. The van der Waals surface area contributed by atoms with Crippen molar-refractivity contribution in [1.82, 2.24) is 0 Å². The number of aryl methyl sites for hydroxylation is 1. The summed E-state index contributed by atoms with van der Waals surface area (Å²) in [6.45, 7) is 1.10. The van der Waals surface area contributed by atoms with E-state index >= 15 is 0 Å². The summed E-state index contributed by atoms with van der Waals surface area (Å²) in [6, 6.07) is 11.4.